The predicted molar refractivity (Wildman–Crippen MR) is 106 cm³/mol. The number of carboxylic acids is 3. The SMILES string of the molecule is O=C(O)CN1C(=O)/C(=C/c2ccc(-c3cc(C(=O)O)cc(C(=O)O)c3)o2)SC1=S. The van der Waals surface area contributed by atoms with Gasteiger partial charge in [0.2, 0.25) is 0 Å². The maximum absolute atomic E-state index is 12.3. The summed E-state index contributed by atoms with van der Waals surface area (Å²) in [6.45, 7) is -0.550. The lowest BCUT2D eigenvalue weighted by Crippen LogP contribution is -2.33. The number of carbonyl (C=O) groups excluding carboxylic acids is 1. The topological polar surface area (TPSA) is 145 Å². The number of aliphatic carboxylic acids is 1. The van der Waals surface area contributed by atoms with Crippen LogP contribution in [0.3, 0.4) is 0 Å². The number of furan rings is 1. The Balaban J connectivity index is 1.92. The molecule has 0 radical (unpaired) electrons. The molecule has 1 aliphatic heterocycles. The van der Waals surface area contributed by atoms with Crippen LogP contribution in [0.4, 0.5) is 0 Å². The first kappa shape index (κ1) is 20.3. The van der Waals surface area contributed by atoms with Crippen molar-refractivity contribution in [1.29, 1.82) is 0 Å². The Morgan fingerprint density at radius 2 is 1.69 bits per heavy atom. The number of carbonyl (C=O) groups is 4. The summed E-state index contributed by atoms with van der Waals surface area (Å²) < 4.78 is 5.70. The highest BCUT2D eigenvalue weighted by Crippen LogP contribution is 2.33. The fourth-order valence-corrected chi connectivity index (χ4v) is 3.74. The second kappa shape index (κ2) is 7.89. The lowest BCUT2D eigenvalue weighted by molar-refractivity contribution is -0.140. The molecule has 148 valence electrons. The van der Waals surface area contributed by atoms with Crippen molar-refractivity contribution in [3.63, 3.8) is 0 Å². The van der Waals surface area contributed by atoms with Crippen molar-refractivity contribution in [2.75, 3.05) is 6.54 Å². The number of rotatable bonds is 6. The Morgan fingerprint density at radius 1 is 1.07 bits per heavy atom. The highest BCUT2D eigenvalue weighted by atomic mass is 32.2. The van der Waals surface area contributed by atoms with Crippen molar-refractivity contribution in [2.24, 2.45) is 0 Å². The molecule has 3 rings (SSSR count). The van der Waals surface area contributed by atoms with Gasteiger partial charge in [0.05, 0.1) is 16.0 Å². The summed E-state index contributed by atoms with van der Waals surface area (Å²) in [5.41, 5.74) is -0.194. The molecule has 1 aliphatic rings. The standard InChI is InChI=1S/C18H11NO8S2/c20-14(21)7-19-15(22)13(29-18(19)28)6-11-1-2-12(27-11)8-3-9(16(23)24)5-10(4-8)17(25)26/h1-6H,7H2,(H,20,21)(H,23,24)(H,25,26)/b13-6-. The maximum Gasteiger partial charge on any atom is 0.335 e. The Kier molecular flexibility index (Phi) is 5.52. The second-order valence-corrected chi connectivity index (χ2v) is 7.45. The van der Waals surface area contributed by atoms with Crippen LogP contribution in [0.15, 0.2) is 39.7 Å². The van der Waals surface area contributed by atoms with Crippen LogP contribution in [0, 0.1) is 0 Å². The molecule has 2 heterocycles. The number of thiocarbonyl (C=S) groups is 1. The van der Waals surface area contributed by atoms with Gasteiger partial charge in [-0.2, -0.15) is 0 Å². The minimum Gasteiger partial charge on any atom is -0.480 e. The molecule has 9 nitrogen and oxygen atoms in total. The summed E-state index contributed by atoms with van der Waals surface area (Å²) in [4.78, 5) is 46.7. The Hall–Kier alpha value is -3.44. The molecule has 0 saturated carbocycles. The van der Waals surface area contributed by atoms with Crippen molar-refractivity contribution >= 4 is 58.2 Å². The number of hydrogen-bond acceptors (Lipinski definition) is 7. The predicted octanol–water partition coefficient (Wildman–Crippen LogP) is 2.63. The molecule has 2 aromatic rings. The van der Waals surface area contributed by atoms with Crippen LogP contribution in [0.25, 0.3) is 17.4 Å². The van der Waals surface area contributed by atoms with Gasteiger partial charge in [-0.15, -0.1) is 0 Å². The third kappa shape index (κ3) is 4.36. The average molecular weight is 433 g/mol. The van der Waals surface area contributed by atoms with E-state index in [-0.39, 0.29) is 37.4 Å². The number of benzene rings is 1. The van der Waals surface area contributed by atoms with Crippen LogP contribution in [0.1, 0.15) is 26.5 Å². The van der Waals surface area contributed by atoms with Gasteiger partial charge in [-0.05, 0) is 30.3 Å². The fraction of sp³-hybridized carbons (Fsp3) is 0.0556. The van der Waals surface area contributed by atoms with E-state index in [1.807, 2.05) is 0 Å². The van der Waals surface area contributed by atoms with Crippen LogP contribution in [0.5, 0.6) is 0 Å². The molecule has 29 heavy (non-hydrogen) atoms. The zero-order chi connectivity index (χ0) is 21.3. The normalized spacial score (nSPS) is 15.2. The first-order chi connectivity index (χ1) is 13.7. The van der Waals surface area contributed by atoms with Gasteiger partial charge in [0.1, 0.15) is 22.4 Å². The molecular formula is C18H11NO8S2. The molecule has 1 aromatic carbocycles. The lowest BCUT2D eigenvalue weighted by atomic mass is 10.0. The summed E-state index contributed by atoms with van der Waals surface area (Å²) in [6.07, 6.45) is 1.38. The van der Waals surface area contributed by atoms with Crippen molar-refractivity contribution in [3.8, 4) is 11.3 Å². The monoisotopic (exact) mass is 433 g/mol. The fourth-order valence-electron chi connectivity index (χ4n) is 2.50. The van der Waals surface area contributed by atoms with Gasteiger partial charge >= 0.3 is 17.9 Å². The Bertz CT molecular complexity index is 1070. The summed E-state index contributed by atoms with van der Waals surface area (Å²) in [7, 11) is 0. The van der Waals surface area contributed by atoms with E-state index in [0.717, 1.165) is 22.7 Å². The van der Waals surface area contributed by atoms with Crippen molar-refractivity contribution < 1.29 is 38.9 Å². The minimum absolute atomic E-state index is 0.107. The minimum atomic E-state index is -1.29. The molecule has 1 aromatic heterocycles. The van der Waals surface area contributed by atoms with Crippen LogP contribution < -0.4 is 0 Å². The van der Waals surface area contributed by atoms with Gasteiger partial charge in [-0.1, -0.05) is 24.0 Å². The molecular weight excluding hydrogens is 422 g/mol. The van der Waals surface area contributed by atoms with E-state index in [1.165, 1.54) is 30.3 Å². The summed E-state index contributed by atoms with van der Waals surface area (Å²) in [6, 6.07) is 6.57. The summed E-state index contributed by atoms with van der Waals surface area (Å²) in [5.74, 6) is -3.92. The first-order valence-electron chi connectivity index (χ1n) is 7.85. The van der Waals surface area contributed by atoms with E-state index in [0.29, 0.717) is 0 Å². The molecule has 1 fully saturated rings. The zero-order valence-electron chi connectivity index (χ0n) is 14.3. The second-order valence-electron chi connectivity index (χ2n) is 5.77. The number of nitrogens with zero attached hydrogens (tertiary/aromatic N) is 1. The van der Waals surface area contributed by atoms with E-state index < -0.39 is 30.4 Å². The first-order valence-corrected chi connectivity index (χ1v) is 9.07. The van der Waals surface area contributed by atoms with Gasteiger partial charge in [0.25, 0.3) is 5.91 Å². The van der Waals surface area contributed by atoms with Crippen LogP contribution in [0.2, 0.25) is 0 Å². The van der Waals surface area contributed by atoms with E-state index in [2.05, 4.69) is 0 Å². The van der Waals surface area contributed by atoms with E-state index in [4.69, 9.17) is 32.0 Å². The Labute approximate surface area is 172 Å². The molecule has 1 amide bonds. The van der Waals surface area contributed by atoms with Crippen LogP contribution >= 0.6 is 24.0 Å². The average Bonchev–Trinajstić information content (AvgIpc) is 3.21. The largest absolute Gasteiger partial charge is 0.480 e. The van der Waals surface area contributed by atoms with Crippen LogP contribution in [-0.2, 0) is 9.59 Å². The molecule has 0 bridgehead atoms. The number of carboxylic acid groups (broad SMARTS) is 3. The zero-order valence-corrected chi connectivity index (χ0v) is 16.0. The number of aromatic carboxylic acids is 2. The molecule has 11 heteroatoms. The molecule has 0 spiro atoms. The van der Waals surface area contributed by atoms with Crippen molar-refractivity contribution in [2.45, 2.75) is 0 Å². The highest BCUT2D eigenvalue weighted by molar-refractivity contribution is 8.26. The lowest BCUT2D eigenvalue weighted by Gasteiger charge is -2.09. The quantitative estimate of drug-likeness (QED) is 0.459. The summed E-state index contributed by atoms with van der Waals surface area (Å²) >= 11 is 5.94. The molecule has 0 atom stereocenters. The van der Waals surface area contributed by atoms with Gasteiger partial charge in [0.15, 0.2) is 0 Å². The Morgan fingerprint density at radius 3 is 2.24 bits per heavy atom. The number of hydrogen-bond donors (Lipinski definition) is 3. The van der Waals surface area contributed by atoms with Gasteiger partial charge < -0.3 is 19.7 Å². The van der Waals surface area contributed by atoms with Crippen molar-refractivity contribution in [3.05, 3.63) is 52.1 Å². The molecule has 0 aliphatic carbocycles. The van der Waals surface area contributed by atoms with Gasteiger partial charge in [0, 0.05) is 11.6 Å². The third-order valence-electron chi connectivity index (χ3n) is 3.78. The van der Waals surface area contributed by atoms with Gasteiger partial charge in [-0.3, -0.25) is 14.5 Å². The van der Waals surface area contributed by atoms with E-state index in [9.17, 15) is 19.2 Å². The molecule has 0 unspecified atom stereocenters. The van der Waals surface area contributed by atoms with Crippen molar-refractivity contribution in [1.82, 2.24) is 4.90 Å². The smallest absolute Gasteiger partial charge is 0.335 e. The highest BCUT2D eigenvalue weighted by Gasteiger charge is 2.33. The number of amides is 1. The molecule has 1 saturated heterocycles. The third-order valence-corrected chi connectivity index (χ3v) is 5.16. The maximum atomic E-state index is 12.3. The van der Waals surface area contributed by atoms with Gasteiger partial charge in [-0.25, -0.2) is 9.59 Å². The molecule has 3 N–H and O–H groups in total. The van der Waals surface area contributed by atoms with E-state index in [1.54, 1.807) is 0 Å². The van der Waals surface area contributed by atoms with Crippen LogP contribution in [-0.4, -0.2) is 54.9 Å². The number of thioether (sulfide) groups is 1. The summed E-state index contributed by atoms with van der Waals surface area (Å²) in [5, 5.41) is 27.2. The van der Waals surface area contributed by atoms with E-state index >= 15 is 0 Å².